The predicted molar refractivity (Wildman–Crippen MR) is 101 cm³/mol. The molecule has 5 nitrogen and oxygen atoms in total. The van der Waals surface area contributed by atoms with Gasteiger partial charge in [0.25, 0.3) is 11.8 Å². The predicted octanol–water partition coefficient (Wildman–Crippen LogP) is 3.84. The molecular weight excluding hydrogens is 364 g/mol. The maximum absolute atomic E-state index is 13.5. The third kappa shape index (κ3) is 2.16. The number of H-pyrrole nitrogens is 2. The van der Waals surface area contributed by atoms with Crippen LogP contribution in [0.1, 0.15) is 11.1 Å². The van der Waals surface area contributed by atoms with Gasteiger partial charge in [-0.3, -0.25) is 14.5 Å². The fourth-order valence-corrected chi connectivity index (χ4v) is 3.75. The number of aromatic amines is 2. The maximum Gasteiger partial charge on any atom is 0.261 e. The van der Waals surface area contributed by atoms with Gasteiger partial charge in [0.1, 0.15) is 11.6 Å². The van der Waals surface area contributed by atoms with E-state index in [0.717, 1.165) is 4.90 Å². The SMILES string of the molecule is CN1C(=O)C(c2c[nH]c3cc(F)ccc23)=C(c2c[nH]c3cc(F)ccc23)C1=O. The molecule has 0 saturated carbocycles. The number of imide groups is 1. The van der Waals surface area contributed by atoms with Crippen LogP contribution in [-0.4, -0.2) is 33.7 Å². The number of carbonyl (C=O) groups excluding carboxylic acids is 2. The van der Waals surface area contributed by atoms with Crippen molar-refractivity contribution in [2.45, 2.75) is 0 Å². The lowest BCUT2D eigenvalue weighted by Crippen LogP contribution is -2.26. The number of rotatable bonds is 2. The number of carbonyl (C=O) groups is 2. The molecule has 28 heavy (non-hydrogen) atoms. The smallest absolute Gasteiger partial charge is 0.261 e. The zero-order chi connectivity index (χ0) is 19.6. The van der Waals surface area contributed by atoms with Crippen molar-refractivity contribution in [1.82, 2.24) is 14.9 Å². The maximum atomic E-state index is 13.5. The van der Waals surface area contributed by atoms with Crippen molar-refractivity contribution in [2.75, 3.05) is 7.05 Å². The van der Waals surface area contributed by atoms with Gasteiger partial charge in [-0.15, -0.1) is 0 Å². The highest BCUT2D eigenvalue weighted by Crippen LogP contribution is 2.40. The number of hydrogen-bond acceptors (Lipinski definition) is 2. The van der Waals surface area contributed by atoms with Crippen LogP contribution in [-0.2, 0) is 9.59 Å². The molecule has 138 valence electrons. The molecule has 1 aliphatic heterocycles. The number of aromatic nitrogens is 2. The van der Waals surface area contributed by atoms with Crippen molar-refractivity contribution in [3.8, 4) is 0 Å². The minimum atomic E-state index is -0.443. The molecule has 0 aliphatic carbocycles. The molecule has 2 N–H and O–H groups in total. The summed E-state index contributed by atoms with van der Waals surface area (Å²) in [5.41, 5.74) is 2.55. The molecule has 0 bridgehead atoms. The molecule has 1 aliphatic rings. The molecular formula is C21H13F2N3O2. The van der Waals surface area contributed by atoms with Gasteiger partial charge in [0.05, 0.1) is 11.1 Å². The van der Waals surface area contributed by atoms with Crippen LogP contribution < -0.4 is 0 Å². The van der Waals surface area contributed by atoms with Crippen molar-refractivity contribution < 1.29 is 18.4 Å². The van der Waals surface area contributed by atoms with Crippen LogP contribution in [0.5, 0.6) is 0 Å². The molecule has 2 amide bonds. The van der Waals surface area contributed by atoms with Crippen molar-refractivity contribution in [2.24, 2.45) is 0 Å². The summed E-state index contributed by atoms with van der Waals surface area (Å²) in [6.07, 6.45) is 3.19. The number of nitrogens with zero attached hydrogens (tertiary/aromatic N) is 1. The van der Waals surface area contributed by atoms with E-state index in [4.69, 9.17) is 0 Å². The van der Waals surface area contributed by atoms with E-state index < -0.39 is 23.4 Å². The largest absolute Gasteiger partial charge is 0.360 e. The topological polar surface area (TPSA) is 69.0 Å². The van der Waals surface area contributed by atoms with Crippen molar-refractivity contribution in [1.29, 1.82) is 0 Å². The van der Waals surface area contributed by atoms with Crippen LogP contribution in [0.25, 0.3) is 33.0 Å². The average Bonchev–Trinajstić information content (AvgIpc) is 3.32. The van der Waals surface area contributed by atoms with Gasteiger partial charge in [-0.2, -0.15) is 0 Å². The molecule has 4 aromatic rings. The highest BCUT2D eigenvalue weighted by atomic mass is 19.1. The van der Waals surface area contributed by atoms with Gasteiger partial charge in [0.15, 0.2) is 0 Å². The summed E-state index contributed by atoms with van der Waals surface area (Å²) >= 11 is 0. The number of likely N-dealkylation sites (N-methyl/N-ethyl adjacent to an activating group) is 1. The number of amides is 2. The van der Waals surface area contributed by atoms with Crippen LogP contribution in [0, 0.1) is 11.6 Å². The zero-order valence-electron chi connectivity index (χ0n) is 14.6. The van der Waals surface area contributed by atoms with E-state index in [9.17, 15) is 18.4 Å². The molecule has 0 spiro atoms. The molecule has 0 saturated heterocycles. The van der Waals surface area contributed by atoms with Gasteiger partial charge in [-0.1, -0.05) is 0 Å². The molecule has 0 atom stereocenters. The Morgan fingerprint density at radius 2 is 1.18 bits per heavy atom. The van der Waals surface area contributed by atoms with E-state index >= 15 is 0 Å². The van der Waals surface area contributed by atoms with Gasteiger partial charge < -0.3 is 9.97 Å². The summed E-state index contributed by atoms with van der Waals surface area (Å²) in [4.78, 5) is 32.8. The number of hydrogen-bond donors (Lipinski definition) is 2. The highest BCUT2D eigenvalue weighted by molar-refractivity contribution is 6.50. The third-order valence-corrected chi connectivity index (χ3v) is 5.11. The molecule has 0 unspecified atom stereocenters. The van der Waals surface area contributed by atoms with E-state index in [1.165, 1.54) is 31.3 Å². The summed E-state index contributed by atoms with van der Waals surface area (Å²) in [7, 11) is 1.42. The Kier molecular flexibility index (Phi) is 3.30. The molecule has 5 rings (SSSR count). The second-order valence-corrected chi connectivity index (χ2v) is 6.70. The molecule has 0 radical (unpaired) electrons. The van der Waals surface area contributed by atoms with Gasteiger partial charge in [0, 0.05) is 52.4 Å². The van der Waals surface area contributed by atoms with Crippen molar-refractivity contribution >= 4 is 44.8 Å². The van der Waals surface area contributed by atoms with Gasteiger partial charge in [-0.05, 0) is 36.4 Å². The van der Waals surface area contributed by atoms with Gasteiger partial charge in [-0.25, -0.2) is 8.78 Å². The number of halogens is 2. The first kappa shape index (κ1) is 16.4. The summed E-state index contributed by atoms with van der Waals surface area (Å²) in [6, 6.07) is 8.42. The Hall–Kier alpha value is -3.74. The minimum absolute atomic E-state index is 0.232. The summed E-state index contributed by atoms with van der Waals surface area (Å²) in [6.45, 7) is 0. The first-order valence-electron chi connectivity index (χ1n) is 8.56. The quantitative estimate of drug-likeness (QED) is 0.521. The van der Waals surface area contributed by atoms with Gasteiger partial charge >= 0.3 is 0 Å². The number of nitrogens with one attached hydrogen (secondary N) is 2. The normalized spacial score (nSPS) is 14.9. The van der Waals surface area contributed by atoms with E-state index in [2.05, 4.69) is 9.97 Å². The monoisotopic (exact) mass is 377 g/mol. The first-order valence-corrected chi connectivity index (χ1v) is 8.56. The first-order chi connectivity index (χ1) is 13.5. The minimum Gasteiger partial charge on any atom is -0.360 e. The van der Waals surface area contributed by atoms with Crippen molar-refractivity contribution in [3.63, 3.8) is 0 Å². The molecule has 2 aromatic carbocycles. The van der Waals surface area contributed by atoms with Crippen LogP contribution in [0.15, 0.2) is 48.8 Å². The second-order valence-electron chi connectivity index (χ2n) is 6.70. The lowest BCUT2D eigenvalue weighted by molar-refractivity contribution is -0.134. The zero-order valence-corrected chi connectivity index (χ0v) is 14.6. The fourth-order valence-electron chi connectivity index (χ4n) is 3.75. The standard InChI is InChI=1S/C21H13F2N3O2/c1-26-20(27)18(14-8-24-16-6-10(22)2-4-12(14)16)19(21(26)28)15-9-25-17-7-11(23)3-5-13(15)17/h2-9,24-25H,1H3. The van der Waals surface area contributed by atoms with Crippen LogP contribution in [0.2, 0.25) is 0 Å². The lowest BCUT2D eigenvalue weighted by Gasteiger charge is -2.06. The number of fused-ring (bicyclic) bond motifs is 2. The Balaban J connectivity index is 1.83. The Morgan fingerprint density at radius 1 is 0.750 bits per heavy atom. The van der Waals surface area contributed by atoms with E-state index in [0.29, 0.717) is 32.9 Å². The second kappa shape index (κ2) is 5.63. The van der Waals surface area contributed by atoms with E-state index in [1.807, 2.05) is 0 Å². The molecule has 2 aromatic heterocycles. The molecule has 0 fully saturated rings. The fraction of sp³-hybridized carbons (Fsp3) is 0.0476. The Labute approximate surface area is 157 Å². The molecule has 7 heteroatoms. The Bertz CT molecular complexity index is 1240. The van der Waals surface area contributed by atoms with Crippen LogP contribution >= 0.6 is 0 Å². The van der Waals surface area contributed by atoms with Gasteiger partial charge in [0.2, 0.25) is 0 Å². The average molecular weight is 377 g/mol. The Morgan fingerprint density at radius 3 is 1.61 bits per heavy atom. The summed E-state index contributed by atoms with van der Waals surface area (Å²) in [5, 5.41) is 1.27. The third-order valence-electron chi connectivity index (χ3n) is 5.11. The van der Waals surface area contributed by atoms with E-state index in [-0.39, 0.29) is 11.1 Å². The van der Waals surface area contributed by atoms with Crippen LogP contribution in [0.3, 0.4) is 0 Å². The summed E-state index contributed by atoms with van der Waals surface area (Å²) < 4.78 is 27.1. The lowest BCUT2D eigenvalue weighted by atomic mass is 9.95. The summed E-state index contributed by atoms with van der Waals surface area (Å²) in [5.74, 6) is -1.69. The highest BCUT2D eigenvalue weighted by Gasteiger charge is 2.39. The van der Waals surface area contributed by atoms with Crippen LogP contribution in [0.4, 0.5) is 8.78 Å². The van der Waals surface area contributed by atoms with E-state index in [1.54, 1.807) is 24.5 Å². The van der Waals surface area contributed by atoms with Crippen molar-refractivity contribution in [3.05, 3.63) is 71.6 Å². The number of benzene rings is 2. The molecule has 3 heterocycles.